The Kier molecular flexibility index (Phi) is 25.3. The summed E-state index contributed by atoms with van der Waals surface area (Å²) in [5.41, 5.74) is 40.1. The number of aromatic amines is 8. The van der Waals surface area contributed by atoms with Gasteiger partial charge in [0.1, 0.15) is 0 Å². The summed E-state index contributed by atoms with van der Waals surface area (Å²) in [6.45, 7) is 40.2. The molecule has 0 saturated carbocycles. The first-order valence-corrected chi connectivity index (χ1v) is 49.3. The molecule has 0 radical (unpaired) electrons. The first-order valence-electron chi connectivity index (χ1n) is 47.7. The average Bonchev–Trinajstić information content (AvgIpc) is 1.56. The van der Waals surface area contributed by atoms with E-state index in [0.29, 0.717) is 103 Å². The van der Waals surface area contributed by atoms with E-state index >= 15 is 0 Å². The molecule has 0 unspecified atom stereocenters. The van der Waals surface area contributed by atoms with Crippen LogP contribution >= 0.6 is 31.9 Å². The van der Waals surface area contributed by atoms with E-state index in [1.807, 2.05) is 48.5 Å². The van der Waals surface area contributed by atoms with Crippen LogP contribution in [0.4, 0.5) is 22.7 Å². The van der Waals surface area contributed by atoms with Crippen LogP contribution in [0, 0.1) is 40.5 Å². The van der Waals surface area contributed by atoms with Crippen molar-refractivity contribution in [2.75, 3.05) is 0 Å². The molecule has 20 nitrogen and oxygen atoms in total. The Labute approximate surface area is 790 Å². The molecule has 8 aromatic heterocycles. The van der Waals surface area contributed by atoms with Crippen molar-refractivity contribution in [3.05, 3.63) is 396 Å². The molecular formula is C111H116Br2N12O8. The van der Waals surface area contributed by atoms with E-state index in [9.17, 15) is 40.5 Å². The normalized spacial score (nSPS) is 13.5. The van der Waals surface area contributed by atoms with Gasteiger partial charge in [0.05, 0.1) is 117 Å². The third-order valence-electron chi connectivity index (χ3n) is 29.0. The highest BCUT2D eigenvalue weighted by atomic mass is 79.9. The summed E-state index contributed by atoms with van der Waals surface area (Å²) >= 11 is 8.65. The number of hydrogen-bond donors (Lipinski definition) is 8. The number of halogens is 2. The highest BCUT2D eigenvalue weighted by molar-refractivity contribution is 9.15. The van der Waals surface area contributed by atoms with Gasteiger partial charge in [-0.2, -0.15) is 0 Å². The smallest absolute Gasteiger partial charge is 0.269 e. The topological polar surface area (TPSA) is 299 Å². The highest BCUT2D eigenvalue weighted by Gasteiger charge is 2.40. The van der Waals surface area contributed by atoms with Gasteiger partial charge in [-0.25, -0.2) is 0 Å². The van der Waals surface area contributed by atoms with E-state index in [4.69, 9.17) is 0 Å². The van der Waals surface area contributed by atoms with Gasteiger partial charge < -0.3 is 39.9 Å². The van der Waals surface area contributed by atoms with Crippen LogP contribution in [0.5, 0.6) is 0 Å². The second kappa shape index (κ2) is 36.6. The third kappa shape index (κ3) is 14.7. The number of aromatic nitrogens is 8. The number of hydrogen-bond acceptors (Lipinski definition) is 8. The molecule has 0 atom stereocenters. The molecule has 133 heavy (non-hydrogen) atoms. The Hall–Kier alpha value is -12.9. The van der Waals surface area contributed by atoms with E-state index in [1.54, 1.807) is 48.5 Å². The molecule has 0 amide bonds. The van der Waals surface area contributed by atoms with Crippen molar-refractivity contribution >= 4 is 97.0 Å². The van der Waals surface area contributed by atoms with Crippen LogP contribution in [0.1, 0.15) is 304 Å². The number of nitrogens with zero attached hydrogens (tertiary/aromatic N) is 4. The summed E-state index contributed by atoms with van der Waals surface area (Å²) in [4.78, 5) is 83.1. The van der Waals surface area contributed by atoms with Crippen LogP contribution in [0.25, 0.3) is 53.5 Å². The largest absolute Gasteiger partial charge is 0.354 e. The fraction of sp³-hybridized carbons (Fsp3) is 0.315. The van der Waals surface area contributed by atoms with Crippen molar-refractivity contribution in [3.8, 4) is 11.1 Å². The summed E-state index contributed by atoms with van der Waals surface area (Å²) in [5.74, 6) is 0. The van der Waals surface area contributed by atoms with Crippen LogP contribution in [0.2, 0.25) is 0 Å². The number of fused-ring (bicyclic) bond motifs is 19. The molecule has 17 rings (SSSR count). The van der Waals surface area contributed by atoms with E-state index in [0.717, 1.165) is 275 Å². The maximum atomic E-state index is 12.7. The van der Waals surface area contributed by atoms with Gasteiger partial charge in [-0.05, 0) is 340 Å². The quantitative estimate of drug-likeness (QED) is 0.0190. The van der Waals surface area contributed by atoms with E-state index in [-0.39, 0.29) is 42.4 Å². The maximum Gasteiger partial charge on any atom is 0.269 e. The molecule has 0 spiro atoms. The lowest BCUT2D eigenvalue weighted by atomic mass is 9.80. The molecule has 6 aromatic carbocycles. The Morgan fingerprint density at radius 1 is 0.226 bits per heavy atom. The molecule has 682 valence electrons. The molecule has 16 bridgehead atoms. The molecule has 22 heteroatoms. The van der Waals surface area contributed by atoms with E-state index in [2.05, 4.69) is 233 Å². The predicted octanol–water partition coefficient (Wildman–Crippen LogP) is 20.5. The minimum absolute atomic E-state index is 0.00571. The highest BCUT2D eigenvalue weighted by Crippen LogP contribution is 2.52. The zero-order valence-electron chi connectivity index (χ0n) is 79.3. The summed E-state index contributed by atoms with van der Waals surface area (Å²) < 4.78 is 1.74. The van der Waals surface area contributed by atoms with Gasteiger partial charge in [0, 0.05) is 87.4 Å². The Bertz CT molecular complexity index is 7280. The van der Waals surface area contributed by atoms with Crippen molar-refractivity contribution in [1.82, 2.24) is 39.9 Å². The van der Waals surface area contributed by atoms with Gasteiger partial charge in [0.2, 0.25) is 0 Å². The lowest BCUT2D eigenvalue weighted by molar-refractivity contribution is -0.385. The third-order valence-corrected chi connectivity index (χ3v) is 30.6. The maximum absolute atomic E-state index is 12.7. The average molecular weight is 1910 g/mol. The van der Waals surface area contributed by atoms with Crippen molar-refractivity contribution < 1.29 is 19.7 Å². The SMILES string of the molecule is CCc1c2[nH]c(c1CC)C(c1ccc([N+](=O)[O-])cc1)=c1[nH]c(c(CC)c1CC)=C(c1ccc3c(c1)C(C)(C)c1cc(C4=c5[nH]c(c(CC)c5CC)=C(c5ccc([N+](=O)[O-])cc5)c5[nH]c(c(CC)c5CC)C(Br)=c5[nH]c(c(CC)c5CC)=C(c5ccc([N+](=O)[O-])cc5)c5[nH]c4c(CC)c5CC)ccc1-3)c1[nH]c(c(CC)c1CC)C(c1ccc([N+](=O)[O-])cc1)=c1[nH]c(c(CC)c1CC)=C2Br. The summed E-state index contributed by atoms with van der Waals surface area (Å²) in [5, 5.41) is 58.1. The van der Waals surface area contributed by atoms with Crippen molar-refractivity contribution in [2.24, 2.45) is 0 Å². The zero-order valence-corrected chi connectivity index (χ0v) is 82.5. The minimum Gasteiger partial charge on any atom is -0.354 e. The van der Waals surface area contributed by atoms with Crippen LogP contribution in [-0.2, 0) is 108 Å². The Morgan fingerprint density at radius 2 is 0.391 bits per heavy atom. The minimum atomic E-state index is -0.680. The van der Waals surface area contributed by atoms with Crippen molar-refractivity contribution in [3.63, 3.8) is 0 Å². The van der Waals surface area contributed by atoms with Gasteiger partial charge in [-0.1, -0.05) is 149 Å². The van der Waals surface area contributed by atoms with Gasteiger partial charge in [-0.15, -0.1) is 0 Å². The van der Waals surface area contributed by atoms with Gasteiger partial charge in [0.15, 0.2) is 0 Å². The monoisotopic (exact) mass is 1900 g/mol. The first kappa shape index (κ1) is 92.0. The summed E-state index contributed by atoms with van der Waals surface area (Å²) in [6.07, 6.45) is 10.5. The first-order chi connectivity index (χ1) is 64.2. The van der Waals surface area contributed by atoms with E-state index in [1.165, 1.54) is 0 Å². The van der Waals surface area contributed by atoms with Gasteiger partial charge >= 0.3 is 0 Å². The molecule has 0 saturated heterocycles. The Balaban J connectivity index is 1.01. The van der Waals surface area contributed by atoms with Gasteiger partial charge in [0.25, 0.3) is 22.7 Å². The molecule has 14 aromatic rings. The molecule has 2 aliphatic heterocycles. The van der Waals surface area contributed by atoms with Crippen LogP contribution < -0.4 is 42.8 Å². The molecule has 8 N–H and O–H groups in total. The number of nitro groups is 4. The number of benzene rings is 6. The van der Waals surface area contributed by atoms with Crippen molar-refractivity contribution in [2.45, 2.75) is 233 Å². The number of nitro benzene ring substituents is 4. The fourth-order valence-corrected chi connectivity index (χ4v) is 24.3. The van der Waals surface area contributed by atoms with Gasteiger partial charge in [-0.3, -0.25) is 40.5 Å². The fourth-order valence-electron chi connectivity index (χ4n) is 23.0. The van der Waals surface area contributed by atoms with E-state index < -0.39 is 5.41 Å². The predicted molar refractivity (Wildman–Crippen MR) is 542 cm³/mol. The van der Waals surface area contributed by atoms with Crippen LogP contribution in [0.15, 0.2) is 133 Å². The second-order valence-corrected chi connectivity index (χ2v) is 37.1. The molecule has 0 fully saturated rings. The molecule has 1 aliphatic carbocycles. The number of non-ortho nitro benzene ring substituents is 4. The molecule has 3 aliphatic rings. The Morgan fingerprint density at radius 3 is 0.586 bits per heavy atom. The van der Waals surface area contributed by atoms with Crippen LogP contribution in [-0.4, -0.2) is 59.6 Å². The standard InChI is InChI=1S/C111H116Br2N12O8/c1-19-67-71(23-5)103-91(104-72(24-6)68(20-2)96(115-104)88(58-37-47-64(48-38-58)123(128)129)100-76(28-10)80(32-14)108(119-100)93(112)107-79(31-13)75(27-9)99(118-107)87(95(67)114-103)57-35-45-63(46-36-57)122(126)127)61-43-53-83-84-54-44-62(56-86(84)111(17,18)85(83)55-61)92-105-73(25-7)69(21-3)97(116-105)89(59-39-49-65(50-40-59)124(130)131)101-77(29-11)81(33-15)109(120-101)94(113)110-82(34-16)78(30-12)102(121-110)90(60-41-51-66(52-42-60)125(132)133)98-70(22-4)74(26-8)106(92)117-98/h35-56,114-121H,19-34H2,1-18H3. The lowest BCUT2D eigenvalue weighted by Gasteiger charge is -2.23. The second-order valence-electron chi connectivity index (χ2n) is 35.6. The number of H-pyrrole nitrogens is 8. The van der Waals surface area contributed by atoms with Crippen LogP contribution in [0.3, 0.4) is 0 Å². The lowest BCUT2D eigenvalue weighted by Crippen LogP contribution is -2.22. The van der Waals surface area contributed by atoms with Crippen molar-refractivity contribution in [1.29, 1.82) is 0 Å². The zero-order chi connectivity index (χ0) is 94.5. The molecular weight excluding hydrogens is 1790 g/mol. The summed E-state index contributed by atoms with van der Waals surface area (Å²) in [6, 6.07) is 42.3. The number of nitrogens with one attached hydrogen (secondary N) is 8. The molecule has 10 heterocycles. The summed E-state index contributed by atoms with van der Waals surface area (Å²) in [7, 11) is 0. The number of rotatable bonds is 26.